The lowest BCUT2D eigenvalue weighted by molar-refractivity contribution is -0.132. The normalized spacial score (nSPS) is 19.4. The first-order chi connectivity index (χ1) is 13.0. The largest absolute Gasteiger partial charge is 0.369 e. The van der Waals surface area contributed by atoms with Crippen LogP contribution in [0.15, 0.2) is 9.95 Å². The molecule has 2 aromatic heterocycles. The molecule has 3 heterocycles. The van der Waals surface area contributed by atoms with Crippen LogP contribution in [0.2, 0.25) is 0 Å². The summed E-state index contributed by atoms with van der Waals surface area (Å²) in [4.78, 5) is 45.2. The Morgan fingerprint density at radius 3 is 2.93 bits per heavy atom. The van der Waals surface area contributed by atoms with Gasteiger partial charge in [0.1, 0.15) is 4.83 Å². The van der Waals surface area contributed by atoms with Gasteiger partial charge in [0, 0.05) is 25.0 Å². The number of hydrogen-bond acceptors (Lipinski definition) is 6. The Balaban J connectivity index is 1.51. The number of piperidine rings is 1. The SMILES string of the molecule is Cn1c(SCC(=O)N2CCC[C@@H](C(N)=O)C2)nc2sc3c(c2c1=O)CCC3. The number of aromatic nitrogens is 2. The van der Waals surface area contributed by atoms with Crippen LogP contribution < -0.4 is 11.3 Å². The number of fused-ring (bicyclic) bond motifs is 3. The molecule has 2 aromatic rings. The van der Waals surface area contributed by atoms with Crippen molar-refractivity contribution in [3.05, 3.63) is 20.8 Å². The molecule has 1 aliphatic heterocycles. The van der Waals surface area contributed by atoms with E-state index in [0.717, 1.165) is 42.3 Å². The number of nitrogens with two attached hydrogens (primary N) is 1. The fraction of sp³-hybridized carbons (Fsp3) is 0.556. The topological polar surface area (TPSA) is 98.3 Å². The molecule has 2 amide bonds. The summed E-state index contributed by atoms with van der Waals surface area (Å²) in [6.45, 7) is 1.03. The number of thiophene rings is 1. The highest BCUT2D eigenvalue weighted by Gasteiger charge is 2.27. The van der Waals surface area contributed by atoms with Crippen molar-refractivity contribution in [2.24, 2.45) is 18.7 Å². The van der Waals surface area contributed by atoms with E-state index in [-0.39, 0.29) is 29.0 Å². The van der Waals surface area contributed by atoms with Gasteiger partial charge in [-0.15, -0.1) is 11.3 Å². The van der Waals surface area contributed by atoms with E-state index in [9.17, 15) is 14.4 Å². The van der Waals surface area contributed by atoms with Crippen molar-refractivity contribution in [1.82, 2.24) is 14.5 Å². The van der Waals surface area contributed by atoms with Crippen LogP contribution in [-0.4, -0.2) is 45.1 Å². The van der Waals surface area contributed by atoms with E-state index in [1.54, 1.807) is 27.9 Å². The molecular weight excluding hydrogens is 384 g/mol. The van der Waals surface area contributed by atoms with Crippen LogP contribution in [0.1, 0.15) is 29.7 Å². The monoisotopic (exact) mass is 406 g/mol. The van der Waals surface area contributed by atoms with Crippen molar-refractivity contribution in [1.29, 1.82) is 0 Å². The smallest absolute Gasteiger partial charge is 0.262 e. The molecule has 9 heteroatoms. The van der Waals surface area contributed by atoms with Crippen molar-refractivity contribution in [2.45, 2.75) is 37.3 Å². The standard InChI is InChI=1S/C18H22N4O3S2/c1-21-17(25)14-11-5-2-6-12(11)27-16(14)20-18(21)26-9-13(23)22-7-3-4-10(8-22)15(19)24/h10H,2-9H2,1H3,(H2,19,24)/t10-/m1/s1. The summed E-state index contributed by atoms with van der Waals surface area (Å²) >= 11 is 2.88. The Bertz CT molecular complexity index is 981. The third-order valence-electron chi connectivity index (χ3n) is 5.41. The third-order valence-corrected chi connectivity index (χ3v) is 7.61. The fourth-order valence-electron chi connectivity index (χ4n) is 3.89. The molecule has 0 spiro atoms. The molecule has 1 fully saturated rings. The van der Waals surface area contributed by atoms with Gasteiger partial charge in [0.05, 0.1) is 17.1 Å². The number of amides is 2. The lowest BCUT2D eigenvalue weighted by Crippen LogP contribution is -2.44. The number of thioether (sulfide) groups is 1. The molecule has 0 unspecified atom stereocenters. The second kappa shape index (κ2) is 7.27. The van der Waals surface area contributed by atoms with Gasteiger partial charge in [-0.1, -0.05) is 11.8 Å². The van der Waals surface area contributed by atoms with Gasteiger partial charge in [0.2, 0.25) is 11.8 Å². The van der Waals surface area contributed by atoms with E-state index in [4.69, 9.17) is 5.73 Å². The van der Waals surface area contributed by atoms with Crippen molar-refractivity contribution < 1.29 is 9.59 Å². The van der Waals surface area contributed by atoms with Crippen molar-refractivity contribution in [2.75, 3.05) is 18.8 Å². The Kier molecular flexibility index (Phi) is 4.98. The van der Waals surface area contributed by atoms with Gasteiger partial charge in [-0.2, -0.15) is 0 Å². The second-order valence-corrected chi connectivity index (χ2v) is 9.19. The molecule has 0 radical (unpaired) electrons. The third kappa shape index (κ3) is 3.38. The summed E-state index contributed by atoms with van der Waals surface area (Å²) in [6.07, 6.45) is 4.60. The van der Waals surface area contributed by atoms with Crippen molar-refractivity contribution in [3.63, 3.8) is 0 Å². The zero-order valence-corrected chi connectivity index (χ0v) is 16.8. The summed E-state index contributed by atoms with van der Waals surface area (Å²) < 4.78 is 1.55. The van der Waals surface area contributed by atoms with Crippen molar-refractivity contribution >= 4 is 45.1 Å². The summed E-state index contributed by atoms with van der Waals surface area (Å²) in [5, 5.41) is 1.32. The number of aryl methyl sites for hydroxylation is 2. The first-order valence-electron chi connectivity index (χ1n) is 9.17. The zero-order chi connectivity index (χ0) is 19.1. The van der Waals surface area contributed by atoms with E-state index in [2.05, 4.69) is 4.98 Å². The molecule has 2 aliphatic rings. The molecule has 0 saturated carbocycles. The van der Waals surface area contributed by atoms with E-state index in [0.29, 0.717) is 18.2 Å². The molecule has 4 rings (SSSR count). The number of primary amides is 1. The molecule has 0 bridgehead atoms. The molecule has 1 saturated heterocycles. The quantitative estimate of drug-likeness (QED) is 0.610. The maximum absolute atomic E-state index is 12.8. The molecule has 1 aliphatic carbocycles. The Labute approximate surface area is 164 Å². The van der Waals surface area contributed by atoms with Crippen LogP contribution in [0, 0.1) is 5.92 Å². The van der Waals surface area contributed by atoms with Gasteiger partial charge in [-0.05, 0) is 37.7 Å². The molecular formula is C18H22N4O3S2. The Morgan fingerprint density at radius 2 is 2.15 bits per heavy atom. The minimum Gasteiger partial charge on any atom is -0.369 e. The lowest BCUT2D eigenvalue weighted by Gasteiger charge is -2.31. The van der Waals surface area contributed by atoms with E-state index < -0.39 is 0 Å². The summed E-state index contributed by atoms with van der Waals surface area (Å²) in [5.41, 5.74) is 6.53. The lowest BCUT2D eigenvalue weighted by atomic mass is 9.97. The molecule has 7 nitrogen and oxygen atoms in total. The van der Waals surface area contributed by atoms with Crippen LogP contribution in [0.5, 0.6) is 0 Å². The average Bonchev–Trinajstić information content (AvgIpc) is 3.24. The number of likely N-dealkylation sites (tertiary alicyclic amines) is 1. The van der Waals surface area contributed by atoms with Gasteiger partial charge in [-0.3, -0.25) is 19.0 Å². The number of carbonyl (C=O) groups excluding carboxylic acids is 2. The fourth-order valence-corrected chi connectivity index (χ4v) is 6.07. The second-order valence-electron chi connectivity index (χ2n) is 7.17. The van der Waals surface area contributed by atoms with Crippen molar-refractivity contribution in [3.8, 4) is 0 Å². The van der Waals surface area contributed by atoms with Gasteiger partial charge in [0.15, 0.2) is 5.16 Å². The first-order valence-corrected chi connectivity index (χ1v) is 11.0. The average molecular weight is 407 g/mol. The predicted molar refractivity (Wildman–Crippen MR) is 106 cm³/mol. The summed E-state index contributed by atoms with van der Waals surface area (Å²) in [7, 11) is 1.71. The van der Waals surface area contributed by atoms with Gasteiger partial charge in [0.25, 0.3) is 5.56 Å². The molecule has 2 N–H and O–H groups in total. The number of rotatable bonds is 4. The van der Waals surface area contributed by atoms with Crippen LogP contribution in [0.3, 0.4) is 0 Å². The molecule has 27 heavy (non-hydrogen) atoms. The molecule has 0 aromatic carbocycles. The Hall–Kier alpha value is -1.87. The maximum atomic E-state index is 12.8. The highest BCUT2D eigenvalue weighted by Crippen LogP contribution is 2.35. The van der Waals surface area contributed by atoms with E-state index in [1.165, 1.54) is 22.2 Å². The van der Waals surface area contributed by atoms with Crippen LogP contribution in [-0.2, 0) is 29.5 Å². The van der Waals surface area contributed by atoms with Gasteiger partial charge >= 0.3 is 0 Å². The maximum Gasteiger partial charge on any atom is 0.262 e. The molecule has 1 atom stereocenters. The van der Waals surface area contributed by atoms with E-state index in [1.807, 2.05) is 0 Å². The van der Waals surface area contributed by atoms with Gasteiger partial charge < -0.3 is 10.6 Å². The zero-order valence-electron chi connectivity index (χ0n) is 15.2. The van der Waals surface area contributed by atoms with Gasteiger partial charge in [-0.25, -0.2) is 4.98 Å². The number of carbonyl (C=O) groups is 2. The predicted octanol–water partition coefficient (Wildman–Crippen LogP) is 1.30. The van der Waals surface area contributed by atoms with E-state index >= 15 is 0 Å². The number of hydrogen-bond donors (Lipinski definition) is 1. The summed E-state index contributed by atoms with van der Waals surface area (Å²) in [5.74, 6) is -0.461. The number of nitrogens with zero attached hydrogens (tertiary/aromatic N) is 3. The molecule has 144 valence electrons. The highest BCUT2D eigenvalue weighted by molar-refractivity contribution is 7.99. The van der Waals surface area contributed by atoms with Crippen LogP contribution in [0.4, 0.5) is 0 Å². The first kappa shape index (κ1) is 18.5. The van der Waals surface area contributed by atoms with Crippen LogP contribution in [0.25, 0.3) is 10.2 Å². The highest BCUT2D eigenvalue weighted by atomic mass is 32.2. The summed E-state index contributed by atoms with van der Waals surface area (Å²) in [6, 6.07) is 0. The Morgan fingerprint density at radius 1 is 1.33 bits per heavy atom. The minimum atomic E-state index is -0.347. The van der Waals surface area contributed by atoms with Crippen LogP contribution >= 0.6 is 23.1 Å². The minimum absolute atomic E-state index is 0.0267.